The molecule has 1 atom stereocenters. The van der Waals surface area contributed by atoms with Crippen molar-refractivity contribution in [2.75, 3.05) is 42.5 Å². The Morgan fingerprint density at radius 1 is 1.00 bits per heavy atom. The Morgan fingerprint density at radius 2 is 1.81 bits per heavy atom. The van der Waals surface area contributed by atoms with Gasteiger partial charge >= 0.3 is 6.09 Å². The smallest absolute Gasteiger partial charge is 0.415 e. The minimum atomic E-state index is -0.555. The lowest BCUT2D eigenvalue weighted by Crippen LogP contribution is -2.43. The molecule has 3 aliphatic heterocycles. The summed E-state index contributed by atoms with van der Waals surface area (Å²) in [6, 6.07) is 14.1. The number of hydrogen-bond acceptors (Lipinski definition) is 4. The molecule has 2 aromatic carbocycles. The Morgan fingerprint density at radius 3 is 2.66 bits per heavy atom. The summed E-state index contributed by atoms with van der Waals surface area (Å²) in [6.07, 6.45) is 3.91. The van der Waals surface area contributed by atoms with Crippen LogP contribution in [0.1, 0.15) is 31.2 Å². The molecule has 0 radical (unpaired) electrons. The third kappa shape index (κ3) is 4.09. The van der Waals surface area contributed by atoms with Gasteiger partial charge in [0.05, 0.1) is 13.1 Å². The largest absolute Gasteiger partial charge is 0.441 e. The zero-order chi connectivity index (χ0) is 22.1. The molecule has 5 rings (SSSR count). The normalized spacial score (nSPS) is 23.7. The van der Waals surface area contributed by atoms with Gasteiger partial charge in [0, 0.05) is 30.9 Å². The Hall–Kier alpha value is -2.93. The molecule has 2 amide bonds. The summed E-state index contributed by atoms with van der Waals surface area (Å²) in [4.78, 5) is 31.4. The summed E-state index contributed by atoms with van der Waals surface area (Å²) in [5, 5.41) is 0. The lowest BCUT2D eigenvalue weighted by Gasteiger charge is -2.31. The van der Waals surface area contributed by atoms with Crippen LogP contribution in [0.15, 0.2) is 48.5 Å². The standard InChI is InChI=1S/C25H28FN3O3/c26-20-8-10-21(11-9-20)29-18-25(32-24(29)31)12-4-14-27(16-13-25)17-23(30)28-15-3-6-19-5-1-2-7-22(19)28/h1-2,5,7-11H,3-4,6,12-18H2/t25-/m0/s1. The lowest BCUT2D eigenvalue weighted by atomic mass is 9.95. The molecule has 32 heavy (non-hydrogen) atoms. The number of nitrogens with zero attached hydrogens (tertiary/aromatic N) is 3. The maximum Gasteiger partial charge on any atom is 0.415 e. The van der Waals surface area contributed by atoms with Crippen LogP contribution in [0.5, 0.6) is 0 Å². The first-order valence-electron chi connectivity index (χ1n) is 11.4. The van der Waals surface area contributed by atoms with Gasteiger partial charge in [0.1, 0.15) is 11.4 Å². The first-order valence-corrected chi connectivity index (χ1v) is 11.4. The molecule has 0 aliphatic carbocycles. The van der Waals surface area contributed by atoms with E-state index >= 15 is 0 Å². The van der Waals surface area contributed by atoms with Gasteiger partial charge in [-0.15, -0.1) is 0 Å². The van der Waals surface area contributed by atoms with E-state index in [0.717, 1.165) is 44.5 Å². The molecular formula is C25H28FN3O3. The SMILES string of the molecule is O=C1O[C@]2(CCCN(CC(=O)N3CCCc4ccccc43)CC2)CN1c1ccc(F)cc1. The third-order valence-electron chi connectivity index (χ3n) is 6.87. The first kappa shape index (κ1) is 20.9. The van der Waals surface area contributed by atoms with Gasteiger partial charge in [-0.1, -0.05) is 18.2 Å². The van der Waals surface area contributed by atoms with Crippen molar-refractivity contribution in [3.8, 4) is 0 Å². The topological polar surface area (TPSA) is 53.1 Å². The van der Waals surface area contributed by atoms with E-state index in [4.69, 9.17) is 4.74 Å². The molecule has 168 valence electrons. The van der Waals surface area contributed by atoms with Gasteiger partial charge in [0.15, 0.2) is 0 Å². The van der Waals surface area contributed by atoms with Gasteiger partial charge in [-0.3, -0.25) is 14.6 Å². The van der Waals surface area contributed by atoms with Crippen LogP contribution in [0.3, 0.4) is 0 Å². The summed E-state index contributed by atoms with van der Waals surface area (Å²) < 4.78 is 19.1. The van der Waals surface area contributed by atoms with Crippen LogP contribution in [0.4, 0.5) is 20.6 Å². The molecule has 0 aromatic heterocycles. The highest BCUT2D eigenvalue weighted by Crippen LogP contribution is 2.36. The van der Waals surface area contributed by atoms with Crippen LogP contribution >= 0.6 is 0 Å². The van der Waals surface area contributed by atoms with E-state index in [1.807, 2.05) is 23.1 Å². The van der Waals surface area contributed by atoms with Gasteiger partial charge in [-0.25, -0.2) is 9.18 Å². The van der Waals surface area contributed by atoms with Crippen LogP contribution < -0.4 is 9.80 Å². The number of carbonyl (C=O) groups excluding carboxylic acids is 2. The number of ether oxygens (including phenoxy) is 1. The number of fused-ring (bicyclic) bond motifs is 1. The molecule has 3 heterocycles. The van der Waals surface area contributed by atoms with Gasteiger partial charge in [0.25, 0.3) is 0 Å². The Kier molecular flexibility index (Phi) is 5.59. The highest BCUT2D eigenvalue weighted by molar-refractivity contribution is 5.96. The van der Waals surface area contributed by atoms with Crippen molar-refractivity contribution in [1.29, 1.82) is 0 Å². The van der Waals surface area contributed by atoms with Crippen LogP contribution in [0, 0.1) is 5.82 Å². The number of amides is 2. The predicted molar refractivity (Wildman–Crippen MR) is 120 cm³/mol. The quantitative estimate of drug-likeness (QED) is 0.729. The molecule has 0 N–H and O–H groups in total. The molecule has 1 spiro atoms. The van der Waals surface area contributed by atoms with E-state index in [2.05, 4.69) is 11.0 Å². The fourth-order valence-electron chi connectivity index (χ4n) is 5.15. The zero-order valence-electron chi connectivity index (χ0n) is 18.1. The van der Waals surface area contributed by atoms with Crippen molar-refractivity contribution in [2.45, 2.75) is 37.7 Å². The zero-order valence-corrected chi connectivity index (χ0v) is 18.1. The molecule has 7 heteroatoms. The maximum absolute atomic E-state index is 13.3. The highest BCUT2D eigenvalue weighted by Gasteiger charge is 2.46. The Labute approximate surface area is 187 Å². The minimum absolute atomic E-state index is 0.129. The Balaban J connectivity index is 1.23. The minimum Gasteiger partial charge on any atom is -0.441 e. The summed E-state index contributed by atoms with van der Waals surface area (Å²) in [5.41, 5.74) is 2.37. The first-order chi connectivity index (χ1) is 15.5. The van der Waals surface area contributed by atoms with E-state index in [-0.39, 0.29) is 17.8 Å². The molecule has 2 saturated heterocycles. The monoisotopic (exact) mass is 437 g/mol. The highest BCUT2D eigenvalue weighted by atomic mass is 19.1. The molecule has 3 aliphatic rings. The van der Waals surface area contributed by atoms with Gasteiger partial charge < -0.3 is 9.64 Å². The fourth-order valence-corrected chi connectivity index (χ4v) is 5.15. The lowest BCUT2D eigenvalue weighted by molar-refractivity contribution is -0.119. The van der Waals surface area contributed by atoms with Crippen molar-refractivity contribution >= 4 is 23.4 Å². The number of carbonyl (C=O) groups is 2. The molecule has 2 fully saturated rings. The summed E-state index contributed by atoms with van der Waals surface area (Å²) in [6.45, 7) is 3.10. The summed E-state index contributed by atoms with van der Waals surface area (Å²) in [7, 11) is 0. The molecule has 6 nitrogen and oxygen atoms in total. The third-order valence-corrected chi connectivity index (χ3v) is 6.87. The van der Waals surface area contributed by atoms with E-state index in [0.29, 0.717) is 31.7 Å². The fraction of sp³-hybridized carbons (Fsp3) is 0.440. The van der Waals surface area contributed by atoms with Crippen molar-refractivity contribution in [2.24, 2.45) is 0 Å². The molecule has 0 bridgehead atoms. The molecule has 2 aromatic rings. The van der Waals surface area contributed by atoms with Crippen molar-refractivity contribution in [3.05, 3.63) is 59.9 Å². The van der Waals surface area contributed by atoms with Gasteiger partial charge in [-0.2, -0.15) is 0 Å². The number of hydrogen-bond donors (Lipinski definition) is 0. The number of anilines is 2. The summed E-state index contributed by atoms with van der Waals surface area (Å²) in [5.74, 6) is -0.202. The Bertz CT molecular complexity index is 1010. The van der Waals surface area contributed by atoms with Gasteiger partial charge in [-0.05, 0) is 68.1 Å². The van der Waals surface area contributed by atoms with E-state index in [9.17, 15) is 14.0 Å². The van der Waals surface area contributed by atoms with E-state index in [1.165, 1.54) is 17.7 Å². The number of likely N-dealkylation sites (tertiary alicyclic amines) is 1. The van der Waals surface area contributed by atoms with Crippen molar-refractivity contribution < 1.29 is 18.7 Å². The van der Waals surface area contributed by atoms with Crippen LogP contribution in [-0.4, -0.2) is 55.2 Å². The average molecular weight is 438 g/mol. The number of halogens is 1. The number of para-hydroxylation sites is 1. The number of aryl methyl sites for hydroxylation is 1. The summed E-state index contributed by atoms with van der Waals surface area (Å²) >= 11 is 0. The molecule has 0 unspecified atom stereocenters. The van der Waals surface area contributed by atoms with E-state index in [1.54, 1.807) is 17.0 Å². The van der Waals surface area contributed by atoms with Crippen molar-refractivity contribution in [3.63, 3.8) is 0 Å². The van der Waals surface area contributed by atoms with Crippen LogP contribution in [0.2, 0.25) is 0 Å². The second kappa shape index (κ2) is 8.54. The predicted octanol–water partition coefficient (Wildman–Crippen LogP) is 3.99. The van der Waals surface area contributed by atoms with E-state index < -0.39 is 5.60 Å². The second-order valence-electron chi connectivity index (χ2n) is 9.02. The van der Waals surface area contributed by atoms with Crippen LogP contribution in [0.25, 0.3) is 0 Å². The second-order valence-corrected chi connectivity index (χ2v) is 9.02. The molecular weight excluding hydrogens is 409 g/mol. The number of rotatable bonds is 3. The van der Waals surface area contributed by atoms with Gasteiger partial charge in [0.2, 0.25) is 5.91 Å². The number of benzene rings is 2. The average Bonchev–Trinajstić information content (AvgIpc) is 3.00. The molecule has 0 saturated carbocycles. The van der Waals surface area contributed by atoms with Crippen molar-refractivity contribution in [1.82, 2.24) is 4.90 Å². The maximum atomic E-state index is 13.3. The van der Waals surface area contributed by atoms with Crippen LogP contribution in [-0.2, 0) is 16.0 Å².